The van der Waals surface area contributed by atoms with Crippen LogP contribution in [0.1, 0.15) is 11.8 Å². The lowest BCUT2D eigenvalue weighted by Crippen LogP contribution is -1.92. The minimum Gasteiger partial charge on any atom is -0.408 e. The van der Waals surface area contributed by atoms with E-state index in [1.807, 2.05) is 24.4 Å². The third-order valence-electron chi connectivity index (χ3n) is 3.34. The first-order valence-electron chi connectivity index (χ1n) is 6.34. The molecule has 20 heavy (non-hydrogen) atoms. The average molecular weight is 285 g/mol. The maximum atomic E-state index is 11.2. The van der Waals surface area contributed by atoms with E-state index in [-0.39, 0.29) is 0 Å². The van der Waals surface area contributed by atoms with E-state index in [2.05, 4.69) is 21.3 Å². The molecule has 0 aliphatic carbocycles. The molecule has 1 N–H and O–H groups in total. The molecule has 3 aromatic heterocycles. The van der Waals surface area contributed by atoms with Crippen LogP contribution in [-0.4, -0.2) is 14.4 Å². The van der Waals surface area contributed by atoms with E-state index < -0.39 is 5.76 Å². The van der Waals surface area contributed by atoms with Crippen molar-refractivity contribution < 1.29 is 4.42 Å². The summed E-state index contributed by atoms with van der Waals surface area (Å²) in [5.41, 5.74) is 3.44. The highest BCUT2D eigenvalue weighted by Crippen LogP contribution is 2.32. The van der Waals surface area contributed by atoms with Gasteiger partial charge in [-0.05, 0) is 18.6 Å². The second-order valence-corrected chi connectivity index (χ2v) is 5.59. The summed E-state index contributed by atoms with van der Waals surface area (Å²) in [4.78, 5) is 20.5. The van der Waals surface area contributed by atoms with Gasteiger partial charge >= 0.3 is 5.76 Å². The van der Waals surface area contributed by atoms with E-state index >= 15 is 0 Å². The number of rotatable bonds is 2. The second-order valence-electron chi connectivity index (χ2n) is 4.53. The molecule has 0 aliphatic rings. The molecule has 4 aromatic rings. The Hall–Kier alpha value is -2.34. The minimum atomic E-state index is -0.425. The standard InChI is InChI=1S/C14H11N3O2S/c1-2-11-12(17-6-5-15-13(17)20-11)8-3-4-9-10(7-8)19-14(18)16-9/h3-7H,2H2,1H3,(H,16,18). The van der Waals surface area contributed by atoms with E-state index in [0.29, 0.717) is 11.1 Å². The fourth-order valence-electron chi connectivity index (χ4n) is 2.46. The molecule has 0 bridgehead atoms. The summed E-state index contributed by atoms with van der Waals surface area (Å²) in [7, 11) is 0. The van der Waals surface area contributed by atoms with E-state index in [4.69, 9.17) is 4.42 Å². The van der Waals surface area contributed by atoms with Crippen molar-refractivity contribution in [2.45, 2.75) is 13.3 Å². The Bertz CT molecular complexity index is 973. The van der Waals surface area contributed by atoms with Crippen molar-refractivity contribution in [1.82, 2.24) is 14.4 Å². The van der Waals surface area contributed by atoms with Gasteiger partial charge < -0.3 is 4.42 Å². The van der Waals surface area contributed by atoms with Crippen LogP contribution in [0.3, 0.4) is 0 Å². The fourth-order valence-corrected chi connectivity index (χ4v) is 3.50. The lowest BCUT2D eigenvalue weighted by atomic mass is 10.1. The van der Waals surface area contributed by atoms with Gasteiger partial charge in [-0.1, -0.05) is 13.0 Å². The smallest absolute Gasteiger partial charge is 0.408 e. The van der Waals surface area contributed by atoms with Crippen molar-refractivity contribution in [2.75, 3.05) is 0 Å². The van der Waals surface area contributed by atoms with Crippen LogP contribution in [0.25, 0.3) is 27.3 Å². The second kappa shape index (κ2) is 4.08. The third-order valence-corrected chi connectivity index (χ3v) is 4.55. The zero-order chi connectivity index (χ0) is 13.7. The molecule has 1 aromatic carbocycles. The largest absolute Gasteiger partial charge is 0.417 e. The maximum absolute atomic E-state index is 11.2. The number of nitrogens with one attached hydrogen (secondary N) is 1. The molecule has 0 radical (unpaired) electrons. The summed E-state index contributed by atoms with van der Waals surface area (Å²) >= 11 is 1.69. The number of H-pyrrole nitrogens is 1. The SMILES string of the molecule is CCc1sc2nccn2c1-c1ccc2[nH]c(=O)oc2c1. The summed E-state index contributed by atoms with van der Waals surface area (Å²) in [5.74, 6) is -0.425. The zero-order valence-corrected chi connectivity index (χ0v) is 11.5. The van der Waals surface area contributed by atoms with Gasteiger partial charge in [0.1, 0.15) is 0 Å². The maximum Gasteiger partial charge on any atom is 0.417 e. The number of hydrogen-bond acceptors (Lipinski definition) is 4. The summed E-state index contributed by atoms with van der Waals surface area (Å²) in [6.45, 7) is 2.13. The number of imidazole rings is 1. The first-order chi connectivity index (χ1) is 9.76. The van der Waals surface area contributed by atoms with Crippen LogP contribution >= 0.6 is 11.3 Å². The van der Waals surface area contributed by atoms with Crippen LogP contribution in [-0.2, 0) is 6.42 Å². The summed E-state index contributed by atoms with van der Waals surface area (Å²) < 4.78 is 7.22. The zero-order valence-electron chi connectivity index (χ0n) is 10.7. The normalized spacial score (nSPS) is 11.7. The molecule has 6 heteroatoms. The van der Waals surface area contributed by atoms with Crippen molar-refractivity contribution in [3.05, 3.63) is 46.0 Å². The molecule has 0 atom stereocenters. The lowest BCUT2D eigenvalue weighted by molar-refractivity contribution is 0.555. The predicted octanol–water partition coefficient (Wildman–Crippen LogP) is 3.06. The number of benzene rings is 1. The van der Waals surface area contributed by atoms with Gasteiger partial charge in [-0.15, -0.1) is 11.3 Å². The number of oxazole rings is 1. The Morgan fingerprint density at radius 2 is 2.35 bits per heavy atom. The first-order valence-corrected chi connectivity index (χ1v) is 7.16. The monoisotopic (exact) mass is 285 g/mol. The summed E-state index contributed by atoms with van der Waals surface area (Å²) in [6, 6.07) is 5.76. The minimum absolute atomic E-state index is 0.425. The third kappa shape index (κ3) is 1.55. The number of aryl methyl sites for hydroxylation is 1. The van der Waals surface area contributed by atoms with Gasteiger partial charge in [0.2, 0.25) is 0 Å². The molecule has 100 valence electrons. The fraction of sp³-hybridized carbons (Fsp3) is 0.143. The summed E-state index contributed by atoms with van der Waals surface area (Å²) in [5, 5.41) is 0. The molecule has 0 aliphatic heterocycles. The van der Waals surface area contributed by atoms with Gasteiger partial charge in [0, 0.05) is 22.8 Å². The average Bonchev–Trinajstić information content (AvgIpc) is 3.08. The van der Waals surface area contributed by atoms with Crippen LogP contribution in [0.4, 0.5) is 0 Å². The van der Waals surface area contributed by atoms with Crippen LogP contribution < -0.4 is 5.76 Å². The molecule has 0 saturated carbocycles. The van der Waals surface area contributed by atoms with Gasteiger partial charge in [0.25, 0.3) is 0 Å². The lowest BCUT2D eigenvalue weighted by Gasteiger charge is -2.03. The summed E-state index contributed by atoms with van der Waals surface area (Å²) in [6.07, 6.45) is 4.69. The molecule has 5 nitrogen and oxygen atoms in total. The molecule has 0 saturated heterocycles. The van der Waals surface area contributed by atoms with Crippen molar-refractivity contribution in [3.8, 4) is 11.3 Å². The number of aromatic nitrogens is 3. The highest BCUT2D eigenvalue weighted by Gasteiger charge is 2.14. The topological polar surface area (TPSA) is 63.3 Å². The van der Waals surface area contributed by atoms with Gasteiger partial charge in [-0.2, -0.15) is 0 Å². The van der Waals surface area contributed by atoms with Gasteiger partial charge in [-0.25, -0.2) is 9.78 Å². The Morgan fingerprint density at radius 1 is 1.45 bits per heavy atom. The molecule has 0 spiro atoms. The van der Waals surface area contributed by atoms with E-state index in [1.165, 1.54) is 4.88 Å². The van der Waals surface area contributed by atoms with Crippen LogP contribution in [0.15, 0.2) is 39.8 Å². The molecular formula is C14H11N3O2S. The Labute approximate surface area is 117 Å². The van der Waals surface area contributed by atoms with Crippen molar-refractivity contribution in [2.24, 2.45) is 0 Å². The number of nitrogens with zero attached hydrogens (tertiary/aromatic N) is 2. The Balaban J connectivity index is 2.03. The number of hydrogen-bond donors (Lipinski definition) is 1. The van der Waals surface area contributed by atoms with E-state index in [9.17, 15) is 4.79 Å². The molecule has 0 amide bonds. The first kappa shape index (κ1) is 11.5. The Kier molecular flexibility index (Phi) is 2.34. The molecule has 4 rings (SSSR count). The van der Waals surface area contributed by atoms with Gasteiger partial charge in [0.15, 0.2) is 10.5 Å². The molecule has 0 fully saturated rings. The predicted molar refractivity (Wildman–Crippen MR) is 78.3 cm³/mol. The highest BCUT2D eigenvalue weighted by molar-refractivity contribution is 7.17. The number of aromatic amines is 1. The van der Waals surface area contributed by atoms with Crippen molar-refractivity contribution in [3.63, 3.8) is 0 Å². The van der Waals surface area contributed by atoms with Crippen LogP contribution in [0.5, 0.6) is 0 Å². The van der Waals surface area contributed by atoms with Crippen LogP contribution in [0.2, 0.25) is 0 Å². The number of thiazole rings is 1. The molecule has 0 unspecified atom stereocenters. The van der Waals surface area contributed by atoms with Crippen molar-refractivity contribution in [1.29, 1.82) is 0 Å². The van der Waals surface area contributed by atoms with Crippen molar-refractivity contribution >= 4 is 27.4 Å². The quantitative estimate of drug-likeness (QED) is 0.615. The Morgan fingerprint density at radius 3 is 3.20 bits per heavy atom. The van der Waals surface area contributed by atoms with Gasteiger partial charge in [0.05, 0.1) is 11.2 Å². The van der Waals surface area contributed by atoms with Crippen LogP contribution in [0, 0.1) is 0 Å². The molecular weight excluding hydrogens is 274 g/mol. The number of fused-ring (bicyclic) bond motifs is 2. The van der Waals surface area contributed by atoms with E-state index in [0.717, 1.165) is 22.6 Å². The highest BCUT2D eigenvalue weighted by atomic mass is 32.1. The van der Waals surface area contributed by atoms with Gasteiger partial charge in [-0.3, -0.25) is 9.38 Å². The molecule has 3 heterocycles. The van der Waals surface area contributed by atoms with E-state index in [1.54, 1.807) is 17.5 Å².